The minimum atomic E-state index is -1.01. The van der Waals surface area contributed by atoms with Crippen LogP contribution < -0.4 is 15.6 Å². The van der Waals surface area contributed by atoms with Gasteiger partial charge >= 0.3 is 0 Å². The Labute approximate surface area is 227 Å². The zero-order valence-electron chi connectivity index (χ0n) is 19.0. The number of carbonyl (C=O) groups is 3. The van der Waals surface area contributed by atoms with E-state index in [1.54, 1.807) is 48.5 Å². The van der Waals surface area contributed by atoms with E-state index in [4.69, 9.17) is 23.8 Å². The van der Waals surface area contributed by atoms with Crippen molar-refractivity contribution >= 4 is 68.3 Å². The molecule has 0 aromatic heterocycles. The maximum Gasteiger partial charge on any atom is 0.269 e. The Hall–Kier alpha value is -3.27. The van der Waals surface area contributed by atoms with Gasteiger partial charge in [-0.2, -0.15) is 0 Å². The van der Waals surface area contributed by atoms with E-state index < -0.39 is 17.9 Å². The maximum atomic E-state index is 13.4. The molecular formula is C26H22BrClN4O3S. The number of halogens is 2. The molecule has 1 saturated heterocycles. The van der Waals surface area contributed by atoms with E-state index in [-0.39, 0.29) is 17.4 Å². The first-order chi connectivity index (χ1) is 17.3. The highest BCUT2D eigenvalue weighted by Gasteiger charge is 2.45. The topological polar surface area (TPSA) is 81.8 Å². The number of rotatable bonds is 8. The zero-order valence-corrected chi connectivity index (χ0v) is 22.1. The summed E-state index contributed by atoms with van der Waals surface area (Å²) in [6.45, 7) is 0.417. The largest absolute Gasteiger partial charge is 0.356 e. The van der Waals surface area contributed by atoms with Crippen molar-refractivity contribution in [3.05, 3.63) is 99.5 Å². The van der Waals surface area contributed by atoms with Gasteiger partial charge in [0.2, 0.25) is 11.0 Å². The predicted octanol–water partition coefficient (Wildman–Crippen LogP) is 4.50. The van der Waals surface area contributed by atoms with E-state index in [9.17, 15) is 14.4 Å². The van der Waals surface area contributed by atoms with Crippen molar-refractivity contribution in [1.29, 1.82) is 0 Å². The third kappa shape index (κ3) is 6.10. The smallest absolute Gasteiger partial charge is 0.269 e. The number of anilines is 1. The van der Waals surface area contributed by atoms with E-state index >= 15 is 0 Å². The van der Waals surface area contributed by atoms with E-state index in [2.05, 4.69) is 26.7 Å². The van der Waals surface area contributed by atoms with Crippen LogP contribution >= 0.6 is 39.7 Å². The molecule has 7 nitrogen and oxygen atoms in total. The number of thiocarbonyl (C=S) groups is 1. The first-order valence-electron chi connectivity index (χ1n) is 11.1. The molecule has 0 aliphatic carbocycles. The monoisotopic (exact) mass is 584 g/mol. The summed E-state index contributed by atoms with van der Waals surface area (Å²) >= 11 is 14.9. The lowest BCUT2D eigenvalue weighted by molar-refractivity contribution is -0.127. The Morgan fingerprint density at radius 2 is 1.64 bits per heavy atom. The molecule has 4 rings (SSSR count). The molecule has 2 N–H and O–H groups in total. The van der Waals surface area contributed by atoms with Gasteiger partial charge in [-0.3, -0.25) is 24.7 Å². The lowest BCUT2D eigenvalue weighted by Crippen LogP contribution is -2.50. The van der Waals surface area contributed by atoms with Crippen molar-refractivity contribution in [2.45, 2.75) is 18.9 Å². The van der Waals surface area contributed by atoms with Crippen LogP contribution in [0.5, 0.6) is 0 Å². The van der Waals surface area contributed by atoms with E-state index in [0.717, 1.165) is 10.0 Å². The van der Waals surface area contributed by atoms with Crippen LogP contribution in [-0.2, 0) is 16.0 Å². The number of nitrogens with zero attached hydrogens (tertiary/aromatic N) is 2. The van der Waals surface area contributed by atoms with Crippen LogP contribution in [0.3, 0.4) is 0 Å². The van der Waals surface area contributed by atoms with Gasteiger partial charge in [-0.15, -0.1) is 0 Å². The van der Waals surface area contributed by atoms with Gasteiger partial charge in [-0.1, -0.05) is 57.9 Å². The molecule has 3 aromatic rings. The molecule has 0 saturated carbocycles. The summed E-state index contributed by atoms with van der Waals surface area (Å²) in [5, 5.41) is 4.71. The second-order valence-electron chi connectivity index (χ2n) is 8.06. The Kier molecular flexibility index (Phi) is 8.35. The average Bonchev–Trinajstić information content (AvgIpc) is 3.09. The average molecular weight is 586 g/mol. The fraction of sp³-hybridized carbons (Fsp3) is 0.154. The third-order valence-electron chi connectivity index (χ3n) is 5.59. The number of amides is 3. The summed E-state index contributed by atoms with van der Waals surface area (Å²) in [5.41, 5.74) is 4.67. The summed E-state index contributed by atoms with van der Waals surface area (Å²) in [6, 6.07) is 22.1. The Bertz CT molecular complexity index is 1270. The number of carbonyl (C=O) groups excluding carboxylic acids is 3. The van der Waals surface area contributed by atoms with Crippen molar-refractivity contribution in [1.82, 2.24) is 15.8 Å². The Balaban J connectivity index is 1.51. The van der Waals surface area contributed by atoms with Crippen molar-refractivity contribution in [3.63, 3.8) is 0 Å². The summed E-state index contributed by atoms with van der Waals surface area (Å²) in [4.78, 5) is 40.5. The van der Waals surface area contributed by atoms with Crippen LogP contribution in [0.25, 0.3) is 0 Å². The lowest BCUT2D eigenvalue weighted by atomic mass is 10.1. The molecule has 1 aliphatic heterocycles. The number of hydrogen-bond donors (Lipinski definition) is 2. The highest BCUT2D eigenvalue weighted by molar-refractivity contribution is 9.10. The van der Waals surface area contributed by atoms with E-state index in [1.807, 2.05) is 30.3 Å². The lowest BCUT2D eigenvalue weighted by Gasteiger charge is -2.24. The molecule has 0 radical (unpaired) electrons. The third-order valence-corrected chi connectivity index (χ3v) is 6.75. The van der Waals surface area contributed by atoms with Gasteiger partial charge in [0.15, 0.2) is 0 Å². The Morgan fingerprint density at radius 3 is 2.31 bits per heavy atom. The minimum absolute atomic E-state index is 0.0647. The summed E-state index contributed by atoms with van der Waals surface area (Å²) < 4.78 is 0.824. The van der Waals surface area contributed by atoms with Gasteiger partial charge in [-0.05, 0) is 72.7 Å². The van der Waals surface area contributed by atoms with E-state index in [1.165, 1.54) is 9.91 Å². The molecule has 0 bridgehead atoms. The molecule has 10 heteroatoms. The molecule has 1 aliphatic rings. The molecule has 184 valence electrons. The number of hydrazine groups is 1. The van der Waals surface area contributed by atoms with Gasteiger partial charge < -0.3 is 5.32 Å². The summed E-state index contributed by atoms with van der Waals surface area (Å²) in [7, 11) is 0. The van der Waals surface area contributed by atoms with Crippen LogP contribution in [0.4, 0.5) is 5.69 Å². The first kappa shape index (κ1) is 25.8. The van der Waals surface area contributed by atoms with Gasteiger partial charge in [0.05, 0.1) is 12.1 Å². The molecular weight excluding hydrogens is 564 g/mol. The molecule has 3 amide bonds. The van der Waals surface area contributed by atoms with Crippen molar-refractivity contribution in [3.8, 4) is 0 Å². The number of nitrogens with one attached hydrogen (secondary N) is 2. The molecule has 1 atom stereocenters. The molecule has 36 heavy (non-hydrogen) atoms. The highest BCUT2D eigenvalue weighted by atomic mass is 79.9. The van der Waals surface area contributed by atoms with Crippen molar-refractivity contribution in [2.24, 2.45) is 0 Å². The summed E-state index contributed by atoms with van der Waals surface area (Å²) in [6.07, 6.45) is 0.475. The quantitative estimate of drug-likeness (QED) is 0.381. The van der Waals surface area contributed by atoms with Gasteiger partial charge in [0.1, 0.15) is 6.04 Å². The van der Waals surface area contributed by atoms with Crippen LogP contribution in [0, 0.1) is 0 Å². The van der Waals surface area contributed by atoms with Gasteiger partial charge in [0.25, 0.3) is 11.8 Å². The zero-order chi connectivity index (χ0) is 25.7. The SMILES string of the molecule is O=C(CC1C(=O)N(c2ccc(Cl)cc2)C(=S)N1NC(=O)c1ccc(Br)cc1)NCCc1ccccc1. The minimum Gasteiger partial charge on any atom is -0.356 e. The van der Waals surface area contributed by atoms with Crippen LogP contribution in [0.15, 0.2) is 83.3 Å². The molecule has 1 heterocycles. The summed E-state index contributed by atoms with van der Waals surface area (Å²) in [5.74, 6) is -1.20. The second kappa shape index (κ2) is 11.6. The van der Waals surface area contributed by atoms with E-state index in [0.29, 0.717) is 29.2 Å². The second-order valence-corrected chi connectivity index (χ2v) is 9.77. The van der Waals surface area contributed by atoms with Crippen LogP contribution in [0.1, 0.15) is 22.3 Å². The number of hydrogen-bond acceptors (Lipinski definition) is 4. The molecule has 1 unspecified atom stereocenters. The van der Waals surface area contributed by atoms with Crippen LogP contribution in [0.2, 0.25) is 5.02 Å². The van der Waals surface area contributed by atoms with Crippen molar-refractivity contribution < 1.29 is 14.4 Å². The molecule has 1 fully saturated rings. The van der Waals surface area contributed by atoms with Crippen molar-refractivity contribution in [2.75, 3.05) is 11.4 Å². The normalized spacial score (nSPS) is 15.2. The standard InChI is InChI=1S/C26H22BrClN4O3S/c27-19-8-6-18(7-9-19)24(34)30-32-22(16-23(33)29-15-14-17-4-2-1-3-5-17)25(35)31(26(32)36)21-12-10-20(28)11-13-21/h1-13,22H,14-16H2,(H,29,33)(H,30,34). The predicted molar refractivity (Wildman–Crippen MR) is 147 cm³/mol. The van der Waals surface area contributed by atoms with Gasteiger partial charge in [0, 0.05) is 21.6 Å². The Morgan fingerprint density at radius 1 is 0.972 bits per heavy atom. The molecule has 3 aromatic carbocycles. The fourth-order valence-corrected chi connectivity index (χ4v) is 4.50. The number of benzene rings is 3. The first-order valence-corrected chi connectivity index (χ1v) is 12.7. The maximum absolute atomic E-state index is 13.4. The highest BCUT2D eigenvalue weighted by Crippen LogP contribution is 2.27. The van der Waals surface area contributed by atoms with Gasteiger partial charge in [-0.25, -0.2) is 5.01 Å². The molecule has 0 spiro atoms. The fourth-order valence-electron chi connectivity index (χ4n) is 3.74. The van der Waals surface area contributed by atoms with Crippen LogP contribution in [-0.4, -0.2) is 40.4 Å².